The van der Waals surface area contributed by atoms with Gasteiger partial charge in [-0.2, -0.15) is 4.98 Å². The lowest BCUT2D eigenvalue weighted by Gasteiger charge is -2.21. The van der Waals surface area contributed by atoms with Gasteiger partial charge in [0.05, 0.1) is 16.8 Å². The fourth-order valence-electron chi connectivity index (χ4n) is 6.43. The van der Waals surface area contributed by atoms with Crippen LogP contribution in [-0.4, -0.2) is 64.2 Å². The molecule has 42 heavy (non-hydrogen) atoms. The summed E-state index contributed by atoms with van der Waals surface area (Å²) in [5.74, 6) is 1.93. The number of rotatable bonds is 4. The van der Waals surface area contributed by atoms with Gasteiger partial charge in [0, 0.05) is 42.9 Å². The molecule has 11 heteroatoms. The lowest BCUT2D eigenvalue weighted by atomic mass is 10.0. The highest BCUT2D eigenvalue weighted by molar-refractivity contribution is 7.19. The van der Waals surface area contributed by atoms with Gasteiger partial charge in [0.2, 0.25) is 11.4 Å². The molecule has 0 saturated carbocycles. The SMILES string of the molecule is CN1CC2CN(c3ncc4c(=O)c(Nc5ccccc5NC(=O)OC(C)(C)C)c5sc6c(n5c4n3)CCC=C6)CC2C1. The number of para-hydroxylation sites is 2. The van der Waals surface area contributed by atoms with Gasteiger partial charge in [-0.1, -0.05) is 18.2 Å². The normalized spacial score (nSPS) is 20.2. The first kappa shape index (κ1) is 26.9. The van der Waals surface area contributed by atoms with Crippen LogP contribution in [0.5, 0.6) is 0 Å². The number of benzene rings is 1. The molecule has 2 N–H and O–H groups in total. The minimum atomic E-state index is -0.636. The molecule has 5 heterocycles. The van der Waals surface area contributed by atoms with Gasteiger partial charge in [-0.3, -0.25) is 14.5 Å². The van der Waals surface area contributed by atoms with Crippen LogP contribution in [-0.2, 0) is 11.2 Å². The van der Waals surface area contributed by atoms with Crippen molar-refractivity contribution in [1.29, 1.82) is 0 Å². The first-order valence-corrected chi connectivity index (χ1v) is 15.3. The largest absolute Gasteiger partial charge is 0.444 e. The van der Waals surface area contributed by atoms with Gasteiger partial charge >= 0.3 is 6.09 Å². The summed E-state index contributed by atoms with van der Waals surface area (Å²) >= 11 is 1.58. The van der Waals surface area contributed by atoms with Crippen molar-refractivity contribution in [2.45, 2.75) is 39.2 Å². The highest BCUT2D eigenvalue weighted by Gasteiger charge is 2.39. The molecule has 2 unspecified atom stereocenters. The standard InChI is InChI=1S/C31H35N7O3S/c1-31(2,3)41-30(40)34-22-10-6-5-9-21(22)33-25-26(39)20-13-32-29(37-16-18-14-36(4)15-19(18)17-37)35-27(20)38-23-11-7-8-12-24(23)42-28(25)38/h5-6,8-10,12-13,18-19,33H,7,11,14-17H2,1-4H3,(H,34,40). The smallest absolute Gasteiger partial charge is 0.412 e. The number of aryl methyl sites for hydroxylation is 1. The molecule has 1 amide bonds. The highest BCUT2D eigenvalue weighted by atomic mass is 32.1. The fourth-order valence-corrected chi connectivity index (χ4v) is 7.65. The molecule has 2 saturated heterocycles. The number of nitrogens with zero attached hydrogens (tertiary/aromatic N) is 5. The molecule has 0 spiro atoms. The van der Waals surface area contributed by atoms with E-state index in [9.17, 15) is 9.59 Å². The number of thiazole rings is 1. The second-order valence-electron chi connectivity index (χ2n) is 12.5. The Morgan fingerprint density at radius 3 is 2.57 bits per heavy atom. The number of amides is 1. The summed E-state index contributed by atoms with van der Waals surface area (Å²) < 4.78 is 7.61. The van der Waals surface area contributed by atoms with E-state index in [1.54, 1.807) is 23.6 Å². The van der Waals surface area contributed by atoms with E-state index in [4.69, 9.17) is 14.7 Å². The monoisotopic (exact) mass is 585 g/mol. The van der Waals surface area contributed by atoms with E-state index in [1.165, 1.54) is 0 Å². The van der Waals surface area contributed by atoms with Crippen molar-refractivity contribution in [1.82, 2.24) is 19.3 Å². The molecule has 10 nitrogen and oxygen atoms in total. The van der Waals surface area contributed by atoms with Crippen LogP contribution in [0.25, 0.3) is 21.9 Å². The Labute approximate surface area is 248 Å². The third-order valence-corrected chi connectivity index (χ3v) is 9.38. The number of anilines is 4. The van der Waals surface area contributed by atoms with Crippen LogP contribution in [0.15, 0.2) is 41.3 Å². The number of hydrogen-bond donors (Lipinski definition) is 2. The minimum absolute atomic E-state index is 0.175. The second-order valence-corrected chi connectivity index (χ2v) is 13.6. The lowest BCUT2D eigenvalue weighted by Crippen LogP contribution is -2.28. The zero-order valence-corrected chi connectivity index (χ0v) is 25.1. The van der Waals surface area contributed by atoms with Crippen molar-refractivity contribution in [3.8, 4) is 0 Å². The Morgan fingerprint density at radius 1 is 1.10 bits per heavy atom. The summed E-state index contributed by atoms with van der Waals surface area (Å²) in [5.41, 5.74) is 2.53. The minimum Gasteiger partial charge on any atom is -0.444 e. The summed E-state index contributed by atoms with van der Waals surface area (Å²) in [6.45, 7) is 9.52. The predicted octanol–water partition coefficient (Wildman–Crippen LogP) is 5.35. The van der Waals surface area contributed by atoms with Crippen LogP contribution < -0.4 is 21.0 Å². The molecule has 3 aliphatic rings. The maximum atomic E-state index is 14.1. The second kappa shape index (κ2) is 10.1. The lowest BCUT2D eigenvalue weighted by molar-refractivity contribution is 0.0636. The molecule has 4 aromatic rings. The average Bonchev–Trinajstić information content (AvgIpc) is 3.61. The first-order chi connectivity index (χ1) is 20.1. The highest BCUT2D eigenvalue weighted by Crippen LogP contribution is 2.37. The number of carbonyl (C=O) groups is 1. The molecule has 2 atom stereocenters. The van der Waals surface area contributed by atoms with Gasteiger partial charge in [0.1, 0.15) is 16.1 Å². The third-order valence-electron chi connectivity index (χ3n) is 8.21. The van der Waals surface area contributed by atoms with Gasteiger partial charge < -0.3 is 19.9 Å². The topological polar surface area (TPSA) is 104 Å². The quantitative estimate of drug-likeness (QED) is 0.330. The molecule has 2 fully saturated rings. The van der Waals surface area contributed by atoms with Crippen LogP contribution in [0.1, 0.15) is 37.8 Å². The number of hydrogen-bond acceptors (Lipinski definition) is 9. The van der Waals surface area contributed by atoms with Crippen LogP contribution in [0.2, 0.25) is 0 Å². The Bertz CT molecular complexity index is 1790. The predicted molar refractivity (Wildman–Crippen MR) is 168 cm³/mol. The van der Waals surface area contributed by atoms with E-state index in [-0.39, 0.29) is 5.43 Å². The van der Waals surface area contributed by atoms with Crippen molar-refractivity contribution in [3.63, 3.8) is 0 Å². The molecular weight excluding hydrogens is 550 g/mol. The van der Waals surface area contributed by atoms with E-state index in [0.29, 0.717) is 45.9 Å². The van der Waals surface area contributed by atoms with Crippen LogP contribution in [0.3, 0.4) is 0 Å². The van der Waals surface area contributed by atoms with E-state index in [2.05, 4.69) is 44.0 Å². The molecule has 3 aromatic heterocycles. The van der Waals surface area contributed by atoms with Gasteiger partial charge in [0.25, 0.3) is 0 Å². The molecule has 1 aromatic carbocycles. The number of pyridine rings is 1. The van der Waals surface area contributed by atoms with Crippen LogP contribution in [0, 0.1) is 11.8 Å². The maximum absolute atomic E-state index is 14.1. The summed E-state index contributed by atoms with van der Waals surface area (Å²) in [6.07, 6.45) is 7.22. The van der Waals surface area contributed by atoms with Crippen molar-refractivity contribution in [2.75, 3.05) is 48.8 Å². The van der Waals surface area contributed by atoms with E-state index in [1.807, 2.05) is 39.0 Å². The van der Waals surface area contributed by atoms with Gasteiger partial charge in [-0.25, -0.2) is 9.78 Å². The first-order valence-electron chi connectivity index (χ1n) is 14.5. The van der Waals surface area contributed by atoms with E-state index >= 15 is 0 Å². The van der Waals surface area contributed by atoms with Gasteiger partial charge in [-0.05, 0) is 70.7 Å². The zero-order valence-electron chi connectivity index (χ0n) is 24.3. The number of allylic oxidation sites excluding steroid dienone is 1. The van der Waals surface area contributed by atoms with Crippen molar-refractivity contribution in [3.05, 3.63) is 57.3 Å². The third kappa shape index (κ3) is 4.80. The van der Waals surface area contributed by atoms with Crippen molar-refractivity contribution >= 4 is 62.4 Å². The summed E-state index contributed by atoms with van der Waals surface area (Å²) in [5, 5.41) is 6.66. The summed E-state index contributed by atoms with van der Waals surface area (Å²) in [7, 11) is 2.18. The average molecular weight is 586 g/mol. The summed E-state index contributed by atoms with van der Waals surface area (Å²) in [6, 6.07) is 7.30. The number of carbonyl (C=O) groups excluding carboxylic acids is 1. The molecule has 0 bridgehead atoms. The number of ether oxygens (including phenoxy) is 1. The fraction of sp³-hybridized carbons (Fsp3) is 0.419. The van der Waals surface area contributed by atoms with E-state index < -0.39 is 11.7 Å². The Balaban J connectivity index is 1.32. The molecule has 218 valence electrons. The molecule has 7 rings (SSSR count). The van der Waals surface area contributed by atoms with Crippen LogP contribution >= 0.6 is 11.3 Å². The van der Waals surface area contributed by atoms with Crippen molar-refractivity contribution < 1.29 is 9.53 Å². The Morgan fingerprint density at radius 2 is 1.83 bits per heavy atom. The molecule has 0 radical (unpaired) electrons. The molecular formula is C31H35N7O3S. The number of nitrogens with one attached hydrogen (secondary N) is 2. The van der Waals surface area contributed by atoms with E-state index in [0.717, 1.165) is 54.4 Å². The van der Waals surface area contributed by atoms with Gasteiger partial charge in [0.15, 0.2) is 5.65 Å². The number of likely N-dealkylation sites (tertiary alicyclic amines) is 1. The van der Waals surface area contributed by atoms with Crippen LogP contribution in [0.4, 0.5) is 27.8 Å². The Kier molecular flexibility index (Phi) is 6.47. The number of fused-ring (bicyclic) bond motifs is 6. The van der Waals surface area contributed by atoms with Gasteiger partial charge in [-0.15, -0.1) is 11.3 Å². The van der Waals surface area contributed by atoms with Crippen molar-refractivity contribution in [2.24, 2.45) is 11.8 Å². The molecule has 1 aliphatic carbocycles. The Hall–Kier alpha value is -3.96. The maximum Gasteiger partial charge on any atom is 0.412 e. The number of aromatic nitrogens is 3. The summed E-state index contributed by atoms with van der Waals surface area (Å²) in [4.78, 5) is 43.1. The molecule has 2 aliphatic heterocycles. The zero-order chi connectivity index (χ0) is 29.2.